The minimum Gasteiger partial charge on any atom is -0.282 e. The number of aromatic nitrogens is 2. The molecule has 2 nitrogen and oxygen atoms in total. The minimum absolute atomic E-state index is 0.743. The van der Waals surface area contributed by atoms with E-state index in [1.165, 1.54) is 35.2 Å². The fourth-order valence-corrected chi connectivity index (χ4v) is 2.18. The molecule has 0 unspecified atom stereocenters. The van der Waals surface area contributed by atoms with Crippen LogP contribution in [0, 0.1) is 13.8 Å². The third-order valence-corrected chi connectivity index (χ3v) is 3.27. The van der Waals surface area contributed by atoms with Crippen LogP contribution in [0.4, 0.5) is 0 Å². The van der Waals surface area contributed by atoms with Gasteiger partial charge >= 0.3 is 0 Å². The lowest BCUT2D eigenvalue weighted by molar-refractivity contribution is 0.966. The van der Waals surface area contributed by atoms with Crippen molar-refractivity contribution in [1.82, 2.24) is 10.2 Å². The van der Waals surface area contributed by atoms with E-state index in [2.05, 4.69) is 48.3 Å². The molecule has 0 bridgehead atoms. The van der Waals surface area contributed by atoms with E-state index in [0.29, 0.717) is 0 Å². The fourth-order valence-electron chi connectivity index (χ4n) is 2.18. The Bertz CT molecular complexity index is 521. The van der Waals surface area contributed by atoms with Gasteiger partial charge in [0.15, 0.2) is 0 Å². The summed E-state index contributed by atoms with van der Waals surface area (Å²) < 4.78 is 0. The standard InChI is InChI=1S/C14H16N2/c1-9-3-6-12(10(2)7-9)14-8-13(15-16-14)11-4-5-11/h3,6-8,11H,4-5H2,1-2H3,(H,15,16). The summed E-state index contributed by atoms with van der Waals surface area (Å²) in [4.78, 5) is 0. The van der Waals surface area contributed by atoms with Crippen LogP contribution < -0.4 is 0 Å². The van der Waals surface area contributed by atoms with Gasteiger partial charge in [-0.3, -0.25) is 5.10 Å². The predicted octanol–water partition coefficient (Wildman–Crippen LogP) is 3.57. The van der Waals surface area contributed by atoms with E-state index in [4.69, 9.17) is 0 Å². The van der Waals surface area contributed by atoms with Crippen LogP contribution in [-0.4, -0.2) is 10.2 Å². The molecule has 1 heterocycles. The average Bonchev–Trinajstić information content (AvgIpc) is 2.98. The Hall–Kier alpha value is -1.57. The summed E-state index contributed by atoms with van der Waals surface area (Å²) in [7, 11) is 0. The molecule has 1 N–H and O–H groups in total. The molecule has 0 radical (unpaired) electrons. The van der Waals surface area contributed by atoms with Crippen molar-refractivity contribution in [2.24, 2.45) is 0 Å². The van der Waals surface area contributed by atoms with Crippen molar-refractivity contribution < 1.29 is 0 Å². The van der Waals surface area contributed by atoms with Crippen molar-refractivity contribution in [3.63, 3.8) is 0 Å². The van der Waals surface area contributed by atoms with Gasteiger partial charge in [-0.1, -0.05) is 23.8 Å². The average molecular weight is 212 g/mol. The molecule has 3 rings (SSSR count). The number of aryl methyl sites for hydroxylation is 2. The van der Waals surface area contributed by atoms with Gasteiger partial charge in [0, 0.05) is 17.2 Å². The molecule has 1 aromatic carbocycles. The molecule has 0 amide bonds. The molecule has 1 aromatic heterocycles. The molecule has 1 aliphatic rings. The van der Waals surface area contributed by atoms with Crippen molar-refractivity contribution in [3.8, 4) is 11.3 Å². The summed E-state index contributed by atoms with van der Waals surface area (Å²) in [5.74, 6) is 0.743. The molecular weight excluding hydrogens is 196 g/mol. The second kappa shape index (κ2) is 3.48. The Morgan fingerprint density at radius 1 is 1.19 bits per heavy atom. The highest BCUT2D eigenvalue weighted by Crippen LogP contribution is 2.40. The number of H-pyrrole nitrogens is 1. The summed E-state index contributed by atoms with van der Waals surface area (Å²) in [6.07, 6.45) is 2.63. The highest BCUT2D eigenvalue weighted by atomic mass is 15.1. The Morgan fingerprint density at radius 3 is 2.69 bits per heavy atom. The molecule has 82 valence electrons. The number of nitrogens with one attached hydrogen (secondary N) is 1. The normalized spacial score (nSPS) is 15.4. The minimum atomic E-state index is 0.743. The lowest BCUT2D eigenvalue weighted by Gasteiger charge is -2.02. The smallest absolute Gasteiger partial charge is 0.0926 e. The Balaban J connectivity index is 2.00. The van der Waals surface area contributed by atoms with Crippen LogP contribution in [0.1, 0.15) is 35.6 Å². The van der Waals surface area contributed by atoms with Gasteiger partial charge in [-0.25, -0.2) is 0 Å². The number of benzene rings is 1. The van der Waals surface area contributed by atoms with Gasteiger partial charge in [-0.2, -0.15) is 5.10 Å². The van der Waals surface area contributed by atoms with E-state index in [0.717, 1.165) is 11.6 Å². The lowest BCUT2D eigenvalue weighted by atomic mass is 10.0. The van der Waals surface area contributed by atoms with Crippen molar-refractivity contribution in [2.45, 2.75) is 32.6 Å². The van der Waals surface area contributed by atoms with Crippen LogP contribution in [0.25, 0.3) is 11.3 Å². The third kappa shape index (κ3) is 1.64. The fraction of sp³-hybridized carbons (Fsp3) is 0.357. The van der Waals surface area contributed by atoms with Crippen LogP contribution >= 0.6 is 0 Å². The zero-order valence-electron chi connectivity index (χ0n) is 9.75. The number of aromatic amines is 1. The third-order valence-electron chi connectivity index (χ3n) is 3.27. The molecule has 2 aromatic rings. The molecule has 1 fully saturated rings. The Morgan fingerprint density at radius 2 is 2.00 bits per heavy atom. The van der Waals surface area contributed by atoms with E-state index in [9.17, 15) is 0 Å². The van der Waals surface area contributed by atoms with Crippen molar-refractivity contribution in [2.75, 3.05) is 0 Å². The number of nitrogens with zero attached hydrogens (tertiary/aromatic N) is 1. The van der Waals surface area contributed by atoms with E-state index in [1.54, 1.807) is 0 Å². The van der Waals surface area contributed by atoms with Crippen molar-refractivity contribution in [1.29, 1.82) is 0 Å². The molecule has 1 saturated carbocycles. The van der Waals surface area contributed by atoms with Gasteiger partial charge in [0.1, 0.15) is 0 Å². The highest BCUT2D eigenvalue weighted by molar-refractivity contribution is 5.64. The van der Waals surface area contributed by atoms with E-state index < -0.39 is 0 Å². The zero-order chi connectivity index (χ0) is 11.1. The number of hydrogen-bond donors (Lipinski definition) is 1. The lowest BCUT2D eigenvalue weighted by Crippen LogP contribution is -1.84. The highest BCUT2D eigenvalue weighted by Gasteiger charge is 2.25. The SMILES string of the molecule is Cc1ccc(-c2cc(C3CC3)[nH]n2)c(C)c1. The first-order chi connectivity index (χ1) is 7.74. The molecule has 0 atom stereocenters. The summed E-state index contributed by atoms with van der Waals surface area (Å²) in [5, 5.41) is 7.57. The summed E-state index contributed by atoms with van der Waals surface area (Å²) in [6, 6.07) is 8.72. The van der Waals surface area contributed by atoms with Crippen LogP contribution in [0.5, 0.6) is 0 Å². The molecule has 1 aliphatic carbocycles. The van der Waals surface area contributed by atoms with Crippen molar-refractivity contribution in [3.05, 3.63) is 41.1 Å². The van der Waals surface area contributed by atoms with Crippen LogP contribution in [0.15, 0.2) is 24.3 Å². The molecule has 0 aliphatic heterocycles. The van der Waals surface area contributed by atoms with Gasteiger partial charge in [0.25, 0.3) is 0 Å². The summed E-state index contributed by atoms with van der Waals surface area (Å²) >= 11 is 0. The van der Waals surface area contributed by atoms with E-state index in [-0.39, 0.29) is 0 Å². The summed E-state index contributed by atoms with van der Waals surface area (Å²) in [5.41, 5.74) is 6.23. The second-order valence-electron chi connectivity index (χ2n) is 4.80. The maximum atomic E-state index is 4.41. The van der Waals surface area contributed by atoms with Gasteiger partial charge in [-0.15, -0.1) is 0 Å². The topological polar surface area (TPSA) is 28.7 Å². The number of hydrogen-bond acceptors (Lipinski definition) is 1. The first kappa shape index (κ1) is 9.64. The van der Waals surface area contributed by atoms with E-state index in [1.807, 2.05) is 0 Å². The molecule has 2 heteroatoms. The first-order valence-electron chi connectivity index (χ1n) is 5.87. The van der Waals surface area contributed by atoms with Gasteiger partial charge < -0.3 is 0 Å². The number of rotatable bonds is 2. The van der Waals surface area contributed by atoms with Crippen LogP contribution in [0.2, 0.25) is 0 Å². The Kier molecular flexibility index (Phi) is 2.10. The maximum Gasteiger partial charge on any atom is 0.0926 e. The van der Waals surface area contributed by atoms with Crippen LogP contribution in [0.3, 0.4) is 0 Å². The summed E-state index contributed by atoms with van der Waals surface area (Å²) in [6.45, 7) is 4.27. The van der Waals surface area contributed by atoms with Gasteiger partial charge in [0.2, 0.25) is 0 Å². The van der Waals surface area contributed by atoms with Gasteiger partial charge in [-0.05, 0) is 38.3 Å². The molecular formula is C14H16N2. The van der Waals surface area contributed by atoms with Crippen LogP contribution in [-0.2, 0) is 0 Å². The largest absolute Gasteiger partial charge is 0.282 e. The van der Waals surface area contributed by atoms with E-state index >= 15 is 0 Å². The quantitative estimate of drug-likeness (QED) is 0.810. The monoisotopic (exact) mass is 212 g/mol. The molecule has 0 spiro atoms. The molecule has 0 saturated heterocycles. The zero-order valence-corrected chi connectivity index (χ0v) is 9.75. The Labute approximate surface area is 95.7 Å². The molecule has 16 heavy (non-hydrogen) atoms. The maximum absolute atomic E-state index is 4.41. The second-order valence-corrected chi connectivity index (χ2v) is 4.80. The first-order valence-corrected chi connectivity index (χ1v) is 5.87. The van der Waals surface area contributed by atoms with Gasteiger partial charge in [0.05, 0.1) is 5.69 Å². The predicted molar refractivity (Wildman–Crippen MR) is 65.5 cm³/mol. The van der Waals surface area contributed by atoms with Crippen molar-refractivity contribution >= 4 is 0 Å².